The smallest absolute Gasteiger partial charge is 0.196 e. The molecule has 0 aliphatic heterocycles. The maximum absolute atomic E-state index is 5.77. The predicted molar refractivity (Wildman–Crippen MR) is 58.2 cm³/mol. The third-order valence-corrected chi connectivity index (χ3v) is 3.02. The summed E-state index contributed by atoms with van der Waals surface area (Å²) in [5.74, 6) is 1.04. The van der Waals surface area contributed by atoms with Gasteiger partial charge in [0.25, 0.3) is 0 Å². The van der Waals surface area contributed by atoms with E-state index in [4.69, 9.17) is 11.6 Å². The Kier molecular flexibility index (Phi) is 2.84. The molecular weight excluding hydrogens is 218 g/mol. The largest absolute Gasteiger partial charge is 0.279 e. The molecule has 0 unspecified atom stereocenters. The lowest BCUT2D eigenvalue weighted by Gasteiger charge is -2.01. The van der Waals surface area contributed by atoms with Crippen LogP contribution in [0.3, 0.4) is 0 Å². The Morgan fingerprint density at radius 1 is 1.57 bits per heavy atom. The molecule has 0 aliphatic carbocycles. The van der Waals surface area contributed by atoms with Crippen molar-refractivity contribution in [3.63, 3.8) is 0 Å². The molecule has 0 N–H and O–H groups in total. The fourth-order valence-corrected chi connectivity index (χ4v) is 2.22. The lowest BCUT2D eigenvalue weighted by atomic mass is 10.3. The number of rotatable bonds is 3. The van der Waals surface area contributed by atoms with Crippen LogP contribution in [0.2, 0.25) is 5.15 Å². The zero-order chi connectivity index (χ0) is 9.97. The second-order valence-electron chi connectivity index (χ2n) is 2.92. The molecule has 3 nitrogen and oxygen atoms in total. The van der Waals surface area contributed by atoms with E-state index in [2.05, 4.69) is 16.9 Å². The molecule has 0 aromatic carbocycles. The van der Waals surface area contributed by atoms with Crippen molar-refractivity contribution in [2.45, 2.75) is 19.8 Å². The number of aromatic nitrogens is 3. The molecule has 0 atom stereocenters. The quantitative estimate of drug-likeness (QED) is 0.807. The molecule has 0 fully saturated rings. The monoisotopic (exact) mass is 227 g/mol. The van der Waals surface area contributed by atoms with E-state index in [-0.39, 0.29) is 0 Å². The van der Waals surface area contributed by atoms with Crippen LogP contribution in [0, 0.1) is 0 Å². The van der Waals surface area contributed by atoms with Crippen molar-refractivity contribution in [3.05, 3.63) is 28.8 Å². The van der Waals surface area contributed by atoms with Gasteiger partial charge >= 0.3 is 0 Å². The number of imidazole rings is 1. The van der Waals surface area contributed by atoms with Gasteiger partial charge in [-0.05, 0) is 6.42 Å². The van der Waals surface area contributed by atoms with E-state index >= 15 is 0 Å². The molecule has 0 radical (unpaired) electrons. The van der Waals surface area contributed by atoms with Crippen LogP contribution in [-0.2, 0) is 6.42 Å². The minimum absolute atomic E-state index is 0.543. The minimum atomic E-state index is 0.543. The molecule has 0 aliphatic rings. The summed E-state index contributed by atoms with van der Waals surface area (Å²) in [4.78, 5) is 8.48. The molecule has 2 rings (SSSR count). The standard InChI is InChI=1S/C9H10ClN3S/c1-2-3-8-11-4-5-13(8)9-12-7(10)6-14-9/h4-6H,2-3H2,1H3. The normalized spacial score (nSPS) is 10.7. The summed E-state index contributed by atoms with van der Waals surface area (Å²) in [5.41, 5.74) is 0. The maximum Gasteiger partial charge on any atom is 0.196 e. The summed E-state index contributed by atoms with van der Waals surface area (Å²) in [5, 5.41) is 3.25. The molecule has 14 heavy (non-hydrogen) atoms. The molecule has 0 spiro atoms. The van der Waals surface area contributed by atoms with Crippen molar-refractivity contribution in [1.29, 1.82) is 0 Å². The molecule has 2 heterocycles. The van der Waals surface area contributed by atoms with Crippen LogP contribution in [0.15, 0.2) is 17.8 Å². The Balaban J connectivity index is 2.36. The van der Waals surface area contributed by atoms with Crippen LogP contribution in [0.1, 0.15) is 19.2 Å². The van der Waals surface area contributed by atoms with Crippen LogP contribution < -0.4 is 0 Å². The first-order valence-electron chi connectivity index (χ1n) is 4.45. The second kappa shape index (κ2) is 4.11. The van der Waals surface area contributed by atoms with Gasteiger partial charge in [-0.3, -0.25) is 4.57 Å². The summed E-state index contributed by atoms with van der Waals surface area (Å²) in [6.07, 6.45) is 5.75. The van der Waals surface area contributed by atoms with E-state index in [0.29, 0.717) is 5.15 Å². The fraction of sp³-hybridized carbons (Fsp3) is 0.333. The Labute approximate surface area is 91.4 Å². The first-order chi connectivity index (χ1) is 6.81. The highest BCUT2D eigenvalue weighted by molar-refractivity contribution is 7.12. The van der Waals surface area contributed by atoms with Crippen molar-refractivity contribution in [2.75, 3.05) is 0 Å². The highest BCUT2D eigenvalue weighted by atomic mass is 35.5. The molecule has 0 amide bonds. The van der Waals surface area contributed by atoms with Gasteiger partial charge in [0.15, 0.2) is 5.13 Å². The van der Waals surface area contributed by atoms with Crippen molar-refractivity contribution in [1.82, 2.24) is 14.5 Å². The molecule has 2 aromatic heterocycles. The molecule has 0 saturated carbocycles. The topological polar surface area (TPSA) is 30.7 Å². The lowest BCUT2D eigenvalue weighted by molar-refractivity contribution is 0.806. The Morgan fingerprint density at radius 3 is 3.07 bits per heavy atom. The number of halogens is 1. The van der Waals surface area contributed by atoms with Gasteiger partial charge in [-0.2, -0.15) is 0 Å². The van der Waals surface area contributed by atoms with E-state index in [0.717, 1.165) is 23.8 Å². The van der Waals surface area contributed by atoms with Gasteiger partial charge < -0.3 is 0 Å². The third kappa shape index (κ3) is 1.81. The molecule has 5 heteroatoms. The molecular formula is C9H10ClN3S. The summed E-state index contributed by atoms with van der Waals surface area (Å²) < 4.78 is 1.99. The van der Waals surface area contributed by atoms with Crippen LogP contribution in [0.4, 0.5) is 0 Å². The first kappa shape index (κ1) is 9.68. The molecule has 0 bridgehead atoms. The zero-order valence-electron chi connectivity index (χ0n) is 7.77. The fourth-order valence-electron chi connectivity index (χ4n) is 1.27. The van der Waals surface area contributed by atoms with Gasteiger partial charge in [-0.25, -0.2) is 9.97 Å². The van der Waals surface area contributed by atoms with E-state index < -0.39 is 0 Å². The molecule has 0 saturated heterocycles. The van der Waals surface area contributed by atoms with Gasteiger partial charge in [-0.1, -0.05) is 18.5 Å². The van der Waals surface area contributed by atoms with E-state index in [1.54, 1.807) is 6.20 Å². The maximum atomic E-state index is 5.77. The number of aryl methyl sites for hydroxylation is 1. The van der Waals surface area contributed by atoms with Crippen molar-refractivity contribution >= 4 is 22.9 Å². The summed E-state index contributed by atoms with van der Waals surface area (Å²) in [7, 11) is 0. The predicted octanol–water partition coefficient (Wildman–Crippen LogP) is 2.93. The summed E-state index contributed by atoms with van der Waals surface area (Å²) in [6.45, 7) is 2.13. The molecule has 74 valence electrons. The lowest BCUT2D eigenvalue weighted by Crippen LogP contribution is -1.99. The Hall–Kier alpha value is -0.870. The van der Waals surface area contributed by atoms with Crippen molar-refractivity contribution in [3.8, 4) is 5.13 Å². The number of hydrogen-bond donors (Lipinski definition) is 0. The second-order valence-corrected chi connectivity index (χ2v) is 4.14. The SMILES string of the molecule is CCCc1nccn1-c1nc(Cl)cs1. The molecule has 2 aromatic rings. The van der Waals surface area contributed by atoms with Gasteiger partial charge in [-0.15, -0.1) is 11.3 Å². The van der Waals surface area contributed by atoms with Gasteiger partial charge in [0.05, 0.1) is 0 Å². The number of nitrogens with zero attached hydrogens (tertiary/aromatic N) is 3. The van der Waals surface area contributed by atoms with Gasteiger partial charge in [0, 0.05) is 24.2 Å². The third-order valence-electron chi connectivity index (χ3n) is 1.86. The summed E-state index contributed by atoms with van der Waals surface area (Å²) in [6, 6.07) is 0. The van der Waals surface area contributed by atoms with E-state index in [1.807, 2.05) is 16.1 Å². The Morgan fingerprint density at radius 2 is 2.43 bits per heavy atom. The zero-order valence-corrected chi connectivity index (χ0v) is 9.35. The van der Waals surface area contributed by atoms with E-state index in [9.17, 15) is 0 Å². The van der Waals surface area contributed by atoms with Crippen LogP contribution >= 0.6 is 22.9 Å². The highest BCUT2D eigenvalue weighted by Gasteiger charge is 2.07. The minimum Gasteiger partial charge on any atom is -0.279 e. The van der Waals surface area contributed by atoms with Crippen LogP contribution in [0.5, 0.6) is 0 Å². The number of thiazole rings is 1. The average Bonchev–Trinajstić information content (AvgIpc) is 2.74. The van der Waals surface area contributed by atoms with E-state index in [1.165, 1.54) is 11.3 Å². The first-order valence-corrected chi connectivity index (χ1v) is 5.70. The van der Waals surface area contributed by atoms with Gasteiger partial charge in [0.2, 0.25) is 0 Å². The van der Waals surface area contributed by atoms with Crippen molar-refractivity contribution < 1.29 is 0 Å². The highest BCUT2D eigenvalue weighted by Crippen LogP contribution is 2.19. The summed E-state index contributed by atoms with van der Waals surface area (Å²) >= 11 is 7.30. The van der Waals surface area contributed by atoms with Crippen LogP contribution in [-0.4, -0.2) is 14.5 Å². The average molecular weight is 228 g/mol. The number of hydrogen-bond acceptors (Lipinski definition) is 3. The Bertz CT molecular complexity index is 421. The van der Waals surface area contributed by atoms with Crippen LogP contribution in [0.25, 0.3) is 5.13 Å². The van der Waals surface area contributed by atoms with Gasteiger partial charge in [0.1, 0.15) is 11.0 Å². The van der Waals surface area contributed by atoms with Crippen molar-refractivity contribution in [2.24, 2.45) is 0 Å².